The molecule has 1 heterocycles. The van der Waals surface area contributed by atoms with Gasteiger partial charge in [-0.1, -0.05) is 34.8 Å². The van der Waals surface area contributed by atoms with E-state index in [1.165, 1.54) is 30.4 Å². The molecule has 0 bridgehead atoms. The Kier molecular flexibility index (Phi) is 5.92. The monoisotopic (exact) mass is 391 g/mol. The fourth-order valence-electron chi connectivity index (χ4n) is 1.67. The van der Waals surface area contributed by atoms with Gasteiger partial charge in [0.05, 0.1) is 20.8 Å². The topological polar surface area (TPSA) is 55.4 Å². The first-order valence-corrected chi connectivity index (χ1v) is 8.46. The van der Waals surface area contributed by atoms with Crippen LogP contribution in [0.15, 0.2) is 24.3 Å². The van der Waals surface area contributed by atoms with Gasteiger partial charge in [-0.15, -0.1) is 11.3 Å². The highest BCUT2D eigenvalue weighted by molar-refractivity contribution is 7.13. The molecule has 0 fully saturated rings. The van der Waals surface area contributed by atoms with Crippen molar-refractivity contribution in [3.63, 3.8) is 0 Å². The van der Waals surface area contributed by atoms with Crippen LogP contribution in [-0.2, 0) is 9.53 Å². The Morgan fingerprint density at radius 3 is 2.39 bits per heavy atom. The zero-order chi connectivity index (χ0) is 17.1. The number of benzene rings is 1. The van der Waals surface area contributed by atoms with E-state index in [0.29, 0.717) is 10.6 Å². The van der Waals surface area contributed by atoms with Crippen molar-refractivity contribution >= 4 is 63.7 Å². The van der Waals surface area contributed by atoms with Crippen molar-refractivity contribution in [2.75, 3.05) is 5.32 Å². The van der Waals surface area contributed by atoms with Crippen LogP contribution in [0.2, 0.25) is 15.1 Å². The lowest BCUT2D eigenvalue weighted by Crippen LogP contribution is -2.29. The standard InChI is InChI=1S/C15H12Cl3NO3S/c1-7-3-4-13(23-7)15(21)22-8(2)14(20)19-12-6-10(17)9(16)5-11(12)18/h3-6,8H,1-2H3,(H,19,20). The van der Waals surface area contributed by atoms with Crippen LogP contribution in [0.1, 0.15) is 21.5 Å². The minimum atomic E-state index is -0.990. The predicted molar refractivity (Wildman–Crippen MR) is 94.0 cm³/mol. The zero-order valence-corrected chi connectivity index (χ0v) is 15.2. The molecule has 4 nitrogen and oxygen atoms in total. The number of nitrogens with one attached hydrogen (secondary N) is 1. The third-order valence-electron chi connectivity index (χ3n) is 2.86. The molecule has 0 spiro atoms. The Labute approximate surface area is 152 Å². The zero-order valence-electron chi connectivity index (χ0n) is 12.2. The smallest absolute Gasteiger partial charge is 0.349 e. The molecule has 1 aromatic heterocycles. The normalized spacial score (nSPS) is 11.9. The number of aryl methyl sites for hydroxylation is 1. The Balaban J connectivity index is 2.03. The first-order chi connectivity index (χ1) is 10.8. The van der Waals surface area contributed by atoms with Crippen LogP contribution in [0, 0.1) is 6.92 Å². The molecule has 1 amide bonds. The predicted octanol–water partition coefficient (Wildman–Crippen LogP) is 5.20. The summed E-state index contributed by atoms with van der Waals surface area (Å²) in [4.78, 5) is 25.5. The molecule has 122 valence electrons. The Bertz CT molecular complexity index is 760. The molecule has 0 aliphatic rings. The Hall–Kier alpha value is -1.27. The summed E-state index contributed by atoms with van der Waals surface area (Å²) in [5.41, 5.74) is 0.293. The van der Waals surface area contributed by atoms with Crippen LogP contribution in [-0.4, -0.2) is 18.0 Å². The maximum Gasteiger partial charge on any atom is 0.349 e. The average Bonchev–Trinajstić information content (AvgIpc) is 2.91. The molecule has 0 saturated carbocycles. The lowest BCUT2D eigenvalue weighted by molar-refractivity contribution is -0.123. The van der Waals surface area contributed by atoms with Gasteiger partial charge in [0.1, 0.15) is 4.88 Å². The molecule has 0 radical (unpaired) electrons. The average molecular weight is 393 g/mol. The number of carbonyl (C=O) groups is 2. The maximum absolute atomic E-state index is 12.1. The first kappa shape index (κ1) is 18.1. The number of hydrogen-bond acceptors (Lipinski definition) is 4. The third-order valence-corrected chi connectivity index (χ3v) is 4.88. The molecular formula is C15H12Cl3NO3S. The summed E-state index contributed by atoms with van der Waals surface area (Å²) < 4.78 is 5.13. The Morgan fingerprint density at radius 2 is 1.78 bits per heavy atom. The van der Waals surface area contributed by atoms with Gasteiger partial charge in [-0.05, 0) is 38.1 Å². The second-order valence-electron chi connectivity index (χ2n) is 4.69. The number of carbonyl (C=O) groups excluding carboxylic acids is 2. The molecule has 23 heavy (non-hydrogen) atoms. The number of thiophene rings is 1. The van der Waals surface area contributed by atoms with E-state index in [4.69, 9.17) is 39.5 Å². The van der Waals surface area contributed by atoms with Crippen LogP contribution < -0.4 is 5.32 Å². The van der Waals surface area contributed by atoms with Gasteiger partial charge < -0.3 is 10.1 Å². The lowest BCUT2D eigenvalue weighted by atomic mass is 10.3. The van der Waals surface area contributed by atoms with Gasteiger partial charge >= 0.3 is 5.97 Å². The van der Waals surface area contributed by atoms with E-state index in [0.717, 1.165) is 4.88 Å². The summed E-state index contributed by atoms with van der Waals surface area (Å²) in [5.74, 6) is -1.07. The number of ether oxygens (including phenoxy) is 1. The molecule has 0 aliphatic carbocycles. The van der Waals surface area contributed by atoms with Crippen LogP contribution in [0.4, 0.5) is 5.69 Å². The number of esters is 1. The molecule has 1 atom stereocenters. The van der Waals surface area contributed by atoms with E-state index in [9.17, 15) is 9.59 Å². The molecule has 8 heteroatoms. The number of halogens is 3. The fourth-order valence-corrected chi connectivity index (χ4v) is 3.01. The van der Waals surface area contributed by atoms with Crippen molar-refractivity contribution in [3.8, 4) is 0 Å². The van der Waals surface area contributed by atoms with Crippen molar-refractivity contribution in [3.05, 3.63) is 49.1 Å². The van der Waals surface area contributed by atoms with Crippen molar-refractivity contribution in [2.45, 2.75) is 20.0 Å². The molecule has 0 aliphatic heterocycles. The third kappa shape index (κ3) is 4.61. The highest BCUT2D eigenvalue weighted by Gasteiger charge is 2.21. The van der Waals surface area contributed by atoms with Crippen LogP contribution in [0.5, 0.6) is 0 Å². The maximum atomic E-state index is 12.1. The fraction of sp³-hybridized carbons (Fsp3) is 0.200. The van der Waals surface area contributed by atoms with Gasteiger partial charge in [-0.25, -0.2) is 4.79 Å². The summed E-state index contributed by atoms with van der Waals surface area (Å²) in [6.45, 7) is 3.35. The van der Waals surface area contributed by atoms with Gasteiger partial charge in [-0.3, -0.25) is 4.79 Å². The van der Waals surface area contributed by atoms with Crippen LogP contribution in [0.25, 0.3) is 0 Å². The minimum Gasteiger partial charge on any atom is -0.448 e. The van der Waals surface area contributed by atoms with E-state index >= 15 is 0 Å². The van der Waals surface area contributed by atoms with Gasteiger partial charge in [-0.2, -0.15) is 0 Å². The molecule has 2 aromatic rings. The second kappa shape index (κ2) is 7.53. The van der Waals surface area contributed by atoms with Gasteiger partial charge in [0, 0.05) is 4.88 Å². The van der Waals surface area contributed by atoms with E-state index < -0.39 is 18.0 Å². The lowest BCUT2D eigenvalue weighted by Gasteiger charge is -2.14. The Morgan fingerprint density at radius 1 is 1.13 bits per heavy atom. The number of amides is 1. The summed E-state index contributed by atoms with van der Waals surface area (Å²) in [6.07, 6.45) is -0.990. The summed E-state index contributed by atoms with van der Waals surface area (Å²) in [5, 5.41) is 3.32. The minimum absolute atomic E-state index is 0.236. The highest BCUT2D eigenvalue weighted by Crippen LogP contribution is 2.32. The molecule has 1 unspecified atom stereocenters. The molecule has 2 rings (SSSR count). The largest absolute Gasteiger partial charge is 0.448 e. The molecular weight excluding hydrogens is 381 g/mol. The first-order valence-electron chi connectivity index (χ1n) is 6.50. The molecule has 0 saturated heterocycles. The van der Waals surface area contributed by atoms with E-state index in [2.05, 4.69) is 5.32 Å². The van der Waals surface area contributed by atoms with Gasteiger partial charge in [0.25, 0.3) is 5.91 Å². The summed E-state index contributed by atoms with van der Waals surface area (Å²) in [7, 11) is 0. The number of anilines is 1. The van der Waals surface area contributed by atoms with Crippen molar-refractivity contribution in [2.24, 2.45) is 0 Å². The van der Waals surface area contributed by atoms with Crippen LogP contribution >= 0.6 is 46.1 Å². The number of rotatable bonds is 4. The highest BCUT2D eigenvalue weighted by atomic mass is 35.5. The summed E-state index contributed by atoms with van der Waals surface area (Å²) in [6, 6.07) is 6.32. The van der Waals surface area contributed by atoms with E-state index in [1.54, 1.807) is 6.07 Å². The molecule has 1 aromatic carbocycles. The van der Waals surface area contributed by atoms with Crippen molar-refractivity contribution in [1.82, 2.24) is 0 Å². The van der Waals surface area contributed by atoms with E-state index in [1.807, 2.05) is 13.0 Å². The van der Waals surface area contributed by atoms with Gasteiger partial charge in [0.2, 0.25) is 0 Å². The quantitative estimate of drug-likeness (QED) is 0.574. The second-order valence-corrected chi connectivity index (χ2v) is 7.20. The van der Waals surface area contributed by atoms with Crippen molar-refractivity contribution < 1.29 is 14.3 Å². The van der Waals surface area contributed by atoms with Gasteiger partial charge in [0.15, 0.2) is 6.10 Å². The van der Waals surface area contributed by atoms with Crippen molar-refractivity contribution in [1.29, 1.82) is 0 Å². The SMILES string of the molecule is Cc1ccc(C(=O)OC(C)C(=O)Nc2cc(Cl)c(Cl)cc2Cl)s1. The number of hydrogen-bond donors (Lipinski definition) is 1. The van der Waals surface area contributed by atoms with Crippen LogP contribution in [0.3, 0.4) is 0 Å². The van der Waals surface area contributed by atoms with E-state index in [-0.39, 0.29) is 15.1 Å². The summed E-state index contributed by atoms with van der Waals surface area (Å²) >= 11 is 19.0. The molecule has 1 N–H and O–H groups in total.